The van der Waals surface area contributed by atoms with Crippen LogP contribution in [0.25, 0.3) is 0 Å². The Morgan fingerprint density at radius 2 is 1.73 bits per heavy atom. The van der Waals surface area contributed by atoms with Crippen molar-refractivity contribution in [1.29, 1.82) is 0 Å². The zero-order valence-corrected chi connectivity index (χ0v) is 12.7. The number of carbonyl (C=O) groups is 1. The van der Waals surface area contributed by atoms with Crippen molar-refractivity contribution in [2.45, 2.75) is 18.7 Å². The Hall–Kier alpha value is -2.41. The number of halogens is 1. The molecule has 0 aliphatic carbocycles. The van der Waals surface area contributed by atoms with Gasteiger partial charge in [-0.1, -0.05) is 6.07 Å². The fourth-order valence-corrected chi connectivity index (χ4v) is 3.10. The number of benzene rings is 2. The molecule has 0 radical (unpaired) electrons. The van der Waals surface area contributed by atoms with Gasteiger partial charge in [-0.25, -0.2) is 17.6 Å². The zero-order chi connectivity index (χ0) is 16.5. The number of aromatic carboxylic acids is 1. The Morgan fingerprint density at radius 1 is 1.14 bits per heavy atom. The zero-order valence-electron chi connectivity index (χ0n) is 11.9. The van der Waals surface area contributed by atoms with Gasteiger partial charge < -0.3 is 5.11 Å². The van der Waals surface area contributed by atoms with Crippen molar-refractivity contribution in [3.05, 3.63) is 58.9 Å². The molecule has 0 heterocycles. The van der Waals surface area contributed by atoms with Gasteiger partial charge in [0.2, 0.25) is 0 Å². The Labute approximate surface area is 127 Å². The van der Waals surface area contributed by atoms with E-state index in [4.69, 9.17) is 5.11 Å². The lowest BCUT2D eigenvalue weighted by Gasteiger charge is -2.11. The van der Waals surface area contributed by atoms with Crippen LogP contribution in [0.15, 0.2) is 41.3 Å². The standard InChI is InChI=1S/C15H14FNO4S/c1-9-6-12(7-10(2)14(9)16)17-22(20,21)13-5-3-4-11(8-13)15(18)19/h3-8,17H,1-2H3,(H,18,19). The molecule has 0 bridgehead atoms. The van der Waals surface area contributed by atoms with Crippen LogP contribution in [0, 0.1) is 19.7 Å². The predicted octanol–water partition coefficient (Wildman–Crippen LogP) is 2.94. The van der Waals surface area contributed by atoms with Crippen molar-refractivity contribution >= 4 is 21.7 Å². The summed E-state index contributed by atoms with van der Waals surface area (Å²) in [6, 6.07) is 7.75. The van der Waals surface area contributed by atoms with E-state index < -0.39 is 21.8 Å². The Kier molecular flexibility index (Phi) is 4.18. The van der Waals surface area contributed by atoms with Gasteiger partial charge in [0.1, 0.15) is 5.82 Å². The fourth-order valence-electron chi connectivity index (χ4n) is 2.02. The van der Waals surface area contributed by atoms with Gasteiger partial charge >= 0.3 is 5.97 Å². The van der Waals surface area contributed by atoms with E-state index in [9.17, 15) is 17.6 Å². The molecule has 0 saturated carbocycles. The van der Waals surface area contributed by atoms with Crippen LogP contribution in [0.4, 0.5) is 10.1 Å². The lowest BCUT2D eigenvalue weighted by atomic mass is 10.1. The first-order chi connectivity index (χ1) is 10.2. The van der Waals surface area contributed by atoms with Crippen LogP contribution >= 0.6 is 0 Å². The van der Waals surface area contributed by atoms with Crippen LogP contribution in [0.2, 0.25) is 0 Å². The van der Waals surface area contributed by atoms with Crippen molar-refractivity contribution in [3.8, 4) is 0 Å². The van der Waals surface area contributed by atoms with Crippen molar-refractivity contribution < 1.29 is 22.7 Å². The third-order valence-corrected chi connectivity index (χ3v) is 4.46. The minimum atomic E-state index is -3.95. The lowest BCUT2D eigenvalue weighted by Crippen LogP contribution is -2.14. The summed E-state index contributed by atoms with van der Waals surface area (Å²) in [5, 5.41) is 8.91. The number of carboxylic acid groups (broad SMARTS) is 1. The molecule has 0 fully saturated rings. The molecular formula is C15H14FNO4S. The second kappa shape index (κ2) is 5.76. The number of aryl methyl sites for hydroxylation is 2. The number of hydrogen-bond acceptors (Lipinski definition) is 3. The first-order valence-electron chi connectivity index (χ1n) is 6.33. The minimum absolute atomic E-state index is 0.130. The van der Waals surface area contributed by atoms with Gasteiger partial charge in [0, 0.05) is 5.69 Å². The summed E-state index contributed by atoms with van der Waals surface area (Å²) in [5.41, 5.74) is 0.723. The van der Waals surface area contributed by atoms with E-state index in [2.05, 4.69) is 4.72 Å². The van der Waals surface area contributed by atoms with Gasteiger partial charge in [0.25, 0.3) is 10.0 Å². The highest BCUT2D eigenvalue weighted by Crippen LogP contribution is 2.22. The van der Waals surface area contributed by atoms with Crippen molar-refractivity contribution in [3.63, 3.8) is 0 Å². The number of sulfonamides is 1. The van der Waals surface area contributed by atoms with E-state index in [1.807, 2.05) is 0 Å². The van der Waals surface area contributed by atoms with E-state index in [0.29, 0.717) is 11.1 Å². The second-order valence-corrected chi connectivity index (χ2v) is 6.54. The van der Waals surface area contributed by atoms with Gasteiger partial charge in [0.15, 0.2) is 0 Å². The second-order valence-electron chi connectivity index (χ2n) is 4.86. The highest BCUT2D eigenvalue weighted by atomic mass is 32.2. The van der Waals surface area contributed by atoms with Gasteiger partial charge in [-0.3, -0.25) is 4.72 Å². The largest absolute Gasteiger partial charge is 0.478 e. The molecule has 0 aliphatic heterocycles. The van der Waals surface area contributed by atoms with E-state index in [-0.39, 0.29) is 16.1 Å². The number of hydrogen-bond donors (Lipinski definition) is 2. The third kappa shape index (κ3) is 3.25. The predicted molar refractivity (Wildman–Crippen MR) is 80.1 cm³/mol. The Morgan fingerprint density at radius 3 is 2.27 bits per heavy atom. The SMILES string of the molecule is Cc1cc(NS(=O)(=O)c2cccc(C(=O)O)c2)cc(C)c1F. The summed E-state index contributed by atoms with van der Waals surface area (Å²) in [6.07, 6.45) is 0. The molecule has 2 N–H and O–H groups in total. The smallest absolute Gasteiger partial charge is 0.335 e. The molecule has 0 amide bonds. The highest BCUT2D eigenvalue weighted by Gasteiger charge is 2.17. The lowest BCUT2D eigenvalue weighted by molar-refractivity contribution is 0.0696. The molecule has 5 nitrogen and oxygen atoms in total. The molecule has 2 rings (SSSR count). The van der Waals surface area contributed by atoms with Crippen molar-refractivity contribution in [2.24, 2.45) is 0 Å². The fraction of sp³-hybridized carbons (Fsp3) is 0.133. The van der Waals surface area contributed by atoms with E-state index in [0.717, 1.165) is 6.07 Å². The summed E-state index contributed by atoms with van der Waals surface area (Å²) >= 11 is 0. The summed E-state index contributed by atoms with van der Waals surface area (Å²) < 4.78 is 40.5. The summed E-state index contributed by atoms with van der Waals surface area (Å²) in [7, 11) is -3.95. The molecule has 22 heavy (non-hydrogen) atoms. The van der Waals surface area contributed by atoms with Gasteiger partial charge in [-0.05, 0) is 55.3 Å². The van der Waals surface area contributed by atoms with Crippen molar-refractivity contribution in [2.75, 3.05) is 4.72 Å². The van der Waals surface area contributed by atoms with E-state index in [1.54, 1.807) is 0 Å². The molecule has 0 unspecified atom stereocenters. The molecule has 7 heteroatoms. The highest BCUT2D eigenvalue weighted by molar-refractivity contribution is 7.92. The van der Waals surface area contributed by atoms with E-state index >= 15 is 0 Å². The summed E-state index contributed by atoms with van der Waals surface area (Å²) in [4.78, 5) is 10.7. The average molecular weight is 323 g/mol. The monoisotopic (exact) mass is 323 g/mol. The van der Waals surface area contributed by atoms with Crippen LogP contribution in [-0.4, -0.2) is 19.5 Å². The number of nitrogens with one attached hydrogen (secondary N) is 1. The molecule has 0 aliphatic rings. The molecule has 0 saturated heterocycles. The molecule has 0 spiro atoms. The third-order valence-electron chi connectivity index (χ3n) is 3.08. The maximum absolute atomic E-state index is 13.6. The minimum Gasteiger partial charge on any atom is -0.478 e. The van der Waals surface area contributed by atoms with Crippen molar-refractivity contribution in [1.82, 2.24) is 0 Å². The van der Waals surface area contributed by atoms with Crippen LogP contribution in [0.5, 0.6) is 0 Å². The maximum atomic E-state index is 13.6. The van der Waals surface area contributed by atoms with Crippen LogP contribution < -0.4 is 4.72 Å². The quantitative estimate of drug-likeness (QED) is 0.906. The molecule has 2 aromatic rings. The number of rotatable bonds is 4. The average Bonchev–Trinajstić information content (AvgIpc) is 2.44. The molecular weight excluding hydrogens is 309 g/mol. The number of carboxylic acids is 1. The topological polar surface area (TPSA) is 83.5 Å². The molecule has 0 aromatic heterocycles. The Balaban J connectivity index is 2.40. The maximum Gasteiger partial charge on any atom is 0.335 e. The summed E-state index contributed by atoms with van der Waals surface area (Å²) in [6.45, 7) is 3.07. The molecule has 116 valence electrons. The summed E-state index contributed by atoms with van der Waals surface area (Å²) in [5.74, 6) is -1.61. The molecule has 0 atom stereocenters. The molecule has 2 aromatic carbocycles. The van der Waals surface area contributed by atoms with Crippen LogP contribution in [0.3, 0.4) is 0 Å². The Bertz CT molecular complexity index is 823. The van der Waals surface area contributed by atoms with Gasteiger partial charge in [-0.15, -0.1) is 0 Å². The first-order valence-corrected chi connectivity index (χ1v) is 7.82. The van der Waals surface area contributed by atoms with E-state index in [1.165, 1.54) is 44.2 Å². The van der Waals surface area contributed by atoms with Gasteiger partial charge in [-0.2, -0.15) is 0 Å². The van der Waals surface area contributed by atoms with Crippen LogP contribution in [0.1, 0.15) is 21.5 Å². The normalized spacial score (nSPS) is 11.2. The van der Waals surface area contributed by atoms with Gasteiger partial charge in [0.05, 0.1) is 10.5 Å². The first kappa shape index (κ1) is 16.0. The number of anilines is 1. The van der Waals surface area contributed by atoms with Crippen LogP contribution in [-0.2, 0) is 10.0 Å².